The molecule has 0 unspecified atom stereocenters. The van der Waals surface area contributed by atoms with Crippen LogP contribution in [0, 0.1) is 6.92 Å². The van der Waals surface area contributed by atoms with Crippen LogP contribution in [0.25, 0.3) is 0 Å². The highest BCUT2D eigenvalue weighted by Gasteiger charge is 2.32. The lowest BCUT2D eigenvalue weighted by atomic mass is 10.1. The molecule has 1 aliphatic heterocycles. The van der Waals surface area contributed by atoms with Crippen molar-refractivity contribution in [2.24, 2.45) is 0 Å². The highest BCUT2D eigenvalue weighted by Crippen LogP contribution is 2.21. The molecule has 0 bridgehead atoms. The smallest absolute Gasteiger partial charge is 0.401 e. The third-order valence-electron chi connectivity index (χ3n) is 5.04. The number of hydrogen-bond acceptors (Lipinski definition) is 5. The van der Waals surface area contributed by atoms with E-state index in [9.17, 15) is 26.4 Å². The lowest BCUT2D eigenvalue weighted by Crippen LogP contribution is -2.38. The molecule has 170 valence electrons. The number of hydrogen-bond donors (Lipinski definition) is 1. The van der Waals surface area contributed by atoms with Crippen LogP contribution in [0.1, 0.15) is 28.1 Å². The number of amides is 1. The summed E-state index contributed by atoms with van der Waals surface area (Å²) in [4.78, 5) is 15.7. The number of nitrogens with one attached hydrogen (secondary N) is 1. The molecule has 1 N–H and O–H groups in total. The minimum absolute atomic E-state index is 0.0341. The summed E-state index contributed by atoms with van der Waals surface area (Å²) < 4.78 is 70.8. The van der Waals surface area contributed by atoms with E-state index in [1.54, 1.807) is 25.1 Å². The highest BCUT2D eigenvalue weighted by atomic mass is 32.2. The van der Waals surface area contributed by atoms with Crippen molar-refractivity contribution < 1.29 is 30.8 Å². The van der Waals surface area contributed by atoms with Gasteiger partial charge in [0.05, 0.1) is 24.2 Å². The Bertz CT molecular complexity index is 1010. The summed E-state index contributed by atoms with van der Waals surface area (Å²) in [5, 5.41) is 0. The summed E-state index contributed by atoms with van der Waals surface area (Å²) in [5.41, 5.74) is 0.802. The van der Waals surface area contributed by atoms with Gasteiger partial charge in [0.25, 0.3) is 5.91 Å². The van der Waals surface area contributed by atoms with Gasteiger partial charge in [-0.05, 0) is 43.2 Å². The SMILES string of the molecule is Cc1ccc(S(=O)(=O)NCc2ccco2)cc1C(=O)N1CCCN(CC(F)(F)F)CC1. The van der Waals surface area contributed by atoms with Gasteiger partial charge in [-0.2, -0.15) is 13.2 Å². The fourth-order valence-corrected chi connectivity index (χ4v) is 4.44. The standard InChI is InChI=1S/C20H24F3N3O4S/c1-15-5-6-17(31(28,29)24-13-16-4-2-11-30-16)12-18(15)19(27)26-8-3-7-25(9-10-26)14-20(21,22)23/h2,4-6,11-12,24H,3,7-10,13-14H2,1H3. The van der Waals surface area contributed by atoms with Crippen molar-refractivity contribution in [1.82, 2.24) is 14.5 Å². The molecule has 1 saturated heterocycles. The summed E-state index contributed by atoms with van der Waals surface area (Å²) in [5.74, 6) is 0.0504. The number of alkyl halides is 3. The molecule has 0 spiro atoms. The lowest BCUT2D eigenvalue weighted by molar-refractivity contribution is -0.145. The minimum atomic E-state index is -4.29. The molecule has 0 saturated carbocycles. The zero-order chi connectivity index (χ0) is 22.6. The van der Waals surface area contributed by atoms with Crippen LogP contribution in [0.2, 0.25) is 0 Å². The van der Waals surface area contributed by atoms with E-state index in [1.165, 1.54) is 28.2 Å². The first-order chi connectivity index (χ1) is 14.5. The Morgan fingerprint density at radius 2 is 1.94 bits per heavy atom. The van der Waals surface area contributed by atoms with Crippen LogP contribution < -0.4 is 4.72 Å². The average Bonchev–Trinajstić information content (AvgIpc) is 3.11. The van der Waals surface area contributed by atoms with Crippen molar-refractivity contribution in [3.8, 4) is 0 Å². The van der Waals surface area contributed by atoms with Gasteiger partial charge in [0.1, 0.15) is 5.76 Å². The van der Waals surface area contributed by atoms with Crippen molar-refractivity contribution in [3.63, 3.8) is 0 Å². The number of sulfonamides is 1. The molecule has 1 aromatic carbocycles. The van der Waals surface area contributed by atoms with Gasteiger partial charge in [-0.15, -0.1) is 0 Å². The summed E-state index contributed by atoms with van der Waals surface area (Å²) in [6.07, 6.45) is -2.45. The van der Waals surface area contributed by atoms with Gasteiger partial charge < -0.3 is 9.32 Å². The Labute approximate surface area is 178 Å². The van der Waals surface area contributed by atoms with Crippen LogP contribution >= 0.6 is 0 Å². The van der Waals surface area contributed by atoms with Gasteiger partial charge >= 0.3 is 6.18 Å². The fourth-order valence-electron chi connectivity index (χ4n) is 3.42. The van der Waals surface area contributed by atoms with Gasteiger partial charge in [-0.3, -0.25) is 9.69 Å². The summed E-state index contributed by atoms with van der Waals surface area (Å²) in [7, 11) is -3.89. The van der Waals surface area contributed by atoms with Crippen molar-refractivity contribution in [3.05, 3.63) is 53.5 Å². The third kappa shape index (κ3) is 6.31. The Morgan fingerprint density at radius 3 is 2.61 bits per heavy atom. The van der Waals surface area contributed by atoms with E-state index >= 15 is 0 Å². The Morgan fingerprint density at radius 1 is 1.16 bits per heavy atom. The third-order valence-corrected chi connectivity index (χ3v) is 6.44. The maximum Gasteiger partial charge on any atom is 0.401 e. The Balaban J connectivity index is 1.72. The molecule has 1 aromatic heterocycles. The second-order valence-corrected chi connectivity index (χ2v) is 9.18. The maximum atomic E-state index is 13.0. The van der Waals surface area contributed by atoms with Crippen molar-refractivity contribution >= 4 is 15.9 Å². The second kappa shape index (κ2) is 9.41. The van der Waals surface area contributed by atoms with E-state index in [0.717, 1.165) is 0 Å². The Hall–Kier alpha value is -2.37. The number of nitrogens with zero attached hydrogens (tertiary/aromatic N) is 2. The van der Waals surface area contributed by atoms with Gasteiger partial charge in [0.15, 0.2) is 0 Å². The zero-order valence-corrected chi connectivity index (χ0v) is 17.8. The quantitative estimate of drug-likeness (QED) is 0.719. The lowest BCUT2D eigenvalue weighted by Gasteiger charge is -2.23. The molecule has 3 rings (SSSR count). The molecule has 0 radical (unpaired) electrons. The maximum absolute atomic E-state index is 13.0. The Kier molecular flexibility index (Phi) is 7.07. The molecule has 31 heavy (non-hydrogen) atoms. The predicted molar refractivity (Wildman–Crippen MR) is 107 cm³/mol. The molecule has 11 heteroatoms. The number of rotatable bonds is 6. The van der Waals surface area contributed by atoms with Crippen molar-refractivity contribution in [2.45, 2.75) is 31.0 Å². The van der Waals surface area contributed by atoms with E-state index in [-0.39, 0.29) is 36.6 Å². The van der Waals surface area contributed by atoms with Crippen molar-refractivity contribution in [2.75, 3.05) is 32.7 Å². The first kappa shape index (κ1) is 23.3. The molecular weight excluding hydrogens is 435 g/mol. The first-order valence-electron chi connectivity index (χ1n) is 9.76. The van der Waals surface area contributed by atoms with Gasteiger partial charge in [-0.1, -0.05) is 6.07 Å². The highest BCUT2D eigenvalue weighted by molar-refractivity contribution is 7.89. The number of carbonyl (C=O) groups is 1. The van der Waals surface area contributed by atoms with Crippen LogP contribution in [-0.4, -0.2) is 63.0 Å². The molecule has 2 heterocycles. The molecule has 0 aliphatic carbocycles. The van der Waals surface area contributed by atoms with Crippen LogP contribution in [-0.2, 0) is 16.6 Å². The normalized spacial score (nSPS) is 16.3. The molecule has 1 fully saturated rings. The van der Waals surface area contributed by atoms with E-state index in [2.05, 4.69) is 4.72 Å². The zero-order valence-electron chi connectivity index (χ0n) is 17.0. The topological polar surface area (TPSA) is 82.9 Å². The fraction of sp³-hybridized carbons (Fsp3) is 0.450. The van der Waals surface area contributed by atoms with Crippen LogP contribution in [0.15, 0.2) is 45.9 Å². The molecule has 7 nitrogen and oxygen atoms in total. The molecule has 1 aliphatic rings. The molecule has 0 atom stereocenters. The number of benzene rings is 1. The average molecular weight is 459 g/mol. The van der Waals surface area contributed by atoms with Crippen LogP contribution in [0.4, 0.5) is 13.2 Å². The van der Waals surface area contributed by atoms with E-state index in [0.29, 0.717) is 24.3 Å². The summed E-state index contributed by atoms with van der Waals surface area (Å²) in [6, 6.07) is 7.53. The summed E-state index contributed by atoms with van der Waals surface area (Å²) in [6.45, 7) is 1.44. The van der Waals surface area contributed by atoms with E-state index in [4.69, 9.17) is 4.42 Å². The van der Waals surface area contributed by atoms with E-state index in [1.807, 2.05) is 0 Å². The molecule has 1 amide bonds. The van der Waals surface area contributed by atoms with E-state index < -0.39 is 28.7 Å². The van der Waals surface area contributed by atoms with Gasteiger partial charge in [0, 0.05) is 31.7 Å². The monoisotopic (exact) mass is 459 g/mol. The number of aryl methyl sites for hydroxylation is 1. The number of halogens is 3. The first-order valence-corrected chi connectivity index (χ1v) is 11.2. The number of carbonyl (C=O) groups excluding carboxylic acids is 1. The number of furan rings is 1. The van der Waals surface area contributed by atoms with Gasteiger partial charge in [-0.25, -0.2) is 13.1 Å². The summed E-state index contributed by atoms with van der Waals surface area (Å²) >= 11 is 0. The van der Waals surface area contributed by atoms with Crippen LogP contribution in [0.3, 0.4) is 0 Å². The minimum Gasteiger partial charge on any atom is -0.468 e. The van der Waals surface area contributed by atoms with Gasteiger partial charge in [0.2, 0.25) is 10.0 Å². The molecule has 2 aromatic rings. The van der Waals surface area contributed by atoms with Crippen molar-refractivity contribution in [1.29, 1.82) is 0 Å². The second-order valence-electron chi connectivity index (χ2n) is 7.42. The predicted octanol–water partition coefficient (Wildman–Crippen LogP) is 2.78. The largest absolute Gasteiger partial charge is 0.468 e. The van der Waals surface area contributed by atoms with Crippen LogP contribution in [0.5, 0.6) is 0 Å². The molecular formula is C20H24F3N3O4S.